The number of nitrogens with one attached hydrogen (secondary N) is 2. The molecule has 1 aromatic carbocycles. The smallest absolute Gasteiger partial charge is 0.422 e. The molecule has 2 bridgehead atoms. The Morgan fingerprint density at radius 1 is 1.29 bits per heavy atom. The van der Waals surface area contributed by atoms with Gasteiger partial charge in [0.05, 0.1) is 31.9 Å². The summed E-state index contributed by atoms with van der Waals surface area (Å²) in [4.78, 5) is 4.58. The number of halogens is 3. The lowest BCUT2D eigenvalue weighted by Gasteiger charge is -2.22. The van der Waals surface area contributed by atoms with Crippen LogP contribution in [-0.4, -0.2) is 50.6 Å². The molecule has 28 heavy (non-hydrogen) atoms. The van der Waals surface area contributed by atoms with Gasteiger partial charge in [0.25, 0.3) is 0 Å². The van der Waals surface area contributed by atoms with Gasteiger partial charge in [0.2, 0.25) is 0 Å². The summed E-state index contributed by atoms with van der Waals surface area (Å²) in [5, 5.41) is 6.65. The molecular weight excluding hydrogens is 375 g/mol. The summed E-state index contributed by atoms with van der Waals surface area (Å²) >= 11 is 0. The summed E-state index contributed by atoms with van der Waals surface area (Å²) in [6.45, 7) is 1.71. The van der Waals surface area contributed by atoms with Crippen LogP contribution in [0.2, 0.25) is 0 Å². The molecule has 2 saturated heterocycles. The van der Waals surface area contributed by atoms with Crippen LogP contribution in [0.3, 0.4) is 0 Å². The van der Waals surface area contributed by atoms with Gasteiger partial charge in [-0.05, 0) is 43.9 Å². The fraction of sp³-hybridized carbons (Fsp3) is 0.632. The van der Waals surface area contributed by atoms with Crippen molar-refractivity contribution in [2.45, 2.75) is 57.2 Å². The van der Waals surface area contributed by atoms with E-state index in [9.17, 15) is 13.2 Å². The molecule has 2 aliphatic heterocycles. The summed E-state index contributed by atoms with van der Waals surface area (Å²) in [5.41, 5.74) is 0.803. The Morgan fingerprint density at radius 3 is 2.71 bits per heavy atom. The molecule has 2 N–H and O–H groups in total. The molecule has 0 aliphatic carbocycles. The van der Waals surface area contributed by atoms with E-state index in [1.807, 2.05) is 6.92 Å². The average Bonchev–Trinajstić information content (AvgIpc) is 3.27. The van der Waals surface area contributed by atoms with Crippen LogP contribution in [0, 0.1) is 0 Å². The summed E-state index contributed by atoms with van der Waals surface area (Å²) in [7, 11) is 1.39. The Balaban J connectivity index is 1.63. The van der Waals surface area contributed by atoms with E-state index in [-0.39, 0.29) is 23.6 Å². The highest BCUT2D eigenvalue weighted by Gasteiger charge is 2.41. The quantitative estimate of drug-likeness (QED) is 0.543. The third-order valence-corrected chi connectivity index (χ3v) is 4.81. The lowest BCUT2D eigenvalue weighted by molar-refractivity contribution is -0.153. The predicted molar refractivity (Wildman–Crippen MR) is 98.8 cm³/mol. The summed E-state index contributed by atoms with van der Waals surface area (Å²) < 4.78 is 52.9. The van der Waals surface area contributed by atoms with Crippen LogP contribution in [0.5, 0.6) is 11.5 Å². The molecule has 9 heteroatoms. The maximum absolute atomic E-state index is 12.4. The summed E-state index contributed by atoms with van der Waals surface area (Å²) in [6, 6.07) is 5.05. The molecule has 2 fully saturated rings. The number of rotatable bonds is 7. The highest BCUT2D eigenvalue weighted by molar-refractivity contribution is 5.80. The second kappa shape index (κ2) is 8.89. The van der Waals surface area contributed by atoms with Crippen molar-refractivity contribution in [3.8, 4) is 11.5 Å². The number of benzene rings is 1. The van der Waals surface area contributed by atoms with Crippen LogP contribution in [0.15, 0.2) is 23.2 Å². The second-order valence-corrected chi connectivity index (χ2v) is 6.94. The first kappa shape index (κ1) is 20.6. The highest BCUT2D eigenvalue weighted by atomic mass is 19.4. The number of hydrogen-bond acceptors (Lipinski definition) is 4. The number of aliphatic imine (C=N–C) groups is 1. The molecular formula is C19H26F3N3O3. The first-order valence-corrected chi connectivity index (χ1v) is 9.44. The van der Waals surface area contributed by atoms with Gasteiger partial charge in [0.15, 0.2) is 24.1 Å². The van der Waals surface area contributed by atoms with Crippen molar-refractivity contribution in [3.63, 3.8) is 0 Å². The van der Waals surface area contributed by atoms with Gasteiger partial charge in [-0.15, -0.1) is 0 Å². The van der Waals surface area contributed by atoms with E-state index in [1.54, 1.807) is 12.1 Å². The van der Waals surface area contributed by atoms with Crippen molar-refractivity contribution < 1.29 is 27.4 Å². The molecule has 0 radical (unpaired) electrons. The molecule has 0 aromatic heterocycles. The van der Waals surface area contributed by atoms with Gasteiger partial charge in [0, 0.05) is 6.54 Å². The second-order valence-electron chi connectivity index (χ2n) is 6.94. The molecule has 1 aromatic rings. The van der Waals surface area contributed by atoms with Crippen molar-refractivity contribution in [1.82, 2.24) is 10.6 Å². The van der Waals surface area contributed by atoms with E-state index in [4.69, 9.17) is 14.2 Å². The molecule has 3 atom stereocenters. The minimum atomic E-state index is -4.40. The zero-order chi connectivity index (χ0) is 20.1. The lowest BCUT2D eigenvalue weighted by atomic mass is 9.96. The first-order valence-electron chi connectivity index (χ1n) is 9.44. The largest absolute Gasteiger partial charge is 0.493 e. The molecule has 3 rings (SSSR count). The van der Waals surface area contributed by atoms with Crippen LogP contribution in [0.1, 0.15) is 31.7 Å². The number of methoxy groups -OCH3 is 1. The molecule has 2 aliphatic rings. The van der Waals surface area contributed by atoms with Crippen LogP contribution < -0.4 is 20.1 Å². The minimum absolute atomic E-state index is 0.0525. The van der Waals surface area contributed by atoms with Gasteiger partial charge in [-0.2, -0.15) is 13.2 Å². The molecule has 6 nitrogen and oxygen atoms in total. The zero-order valence-corrected chi connectivity index (χ0v) is 16.0. The normalized spacial score (nSPS) is 24.3. The molecule has 0 spiro atoms. The van der Waals surface area contributed by atoms with E-state index >= 15 is 0 Å². The summed E-state index contributed by atoms with van der Waals surface area (Å²) in [6.07, 6.45) is -0.645. The number of ether oxygens (including phenoxy) is 3. The van der Waals surface area contributed by atoms with E-state index in [0.717, 1.165) is 31.4 Å². The van der Waals surface area contributed by atoms with Crippen molar-refractivity contribution >= 4 is 5.96 Å². The van der Waals surface area contributed by atoms with E-state index in [2.05, 4.69) is 15.6 Å². The van der Waals surface area contributed by atoms with Gasteiger partial charge in [-0.1, -0.05) is 6.07 Å². The SMILES string of the molecule is CCNC(=NCc1ccc(OCC(F)(F)F)c(OC)c1)NC1CC2CCC1O2. The average molecular weight is 401 g/mol. The lowest BCUT2D eigenvalue weighted by Crippen LogP contribution is -2.47. The molecule has 0 amide bonds. The van der Waals surface area contributed by atoms with Crippen molar-refractivity contribution in [3.05, 3.63) is 23.8 Å². The van der Waals surface area contributed by atoms with Gasteiger partial charge in [-0.3, -0.25) is 0 Å². The Kier molecular flexibility index (Phi) is 6.53. The number of guanidine groups is 1. The summed E-state index contributed by atoms with van der Waals surface area (Å²) in [5.74, 6) is 0.994. The monoisotopic (exact) mass is 401 g/mol. The fourth-order valence-corrected chi connectivity index (χ4v) is 3.54. The maximum Gasteiger partial charge on any atom is 0.422 e. The number of hydrogen-bond donors (Lipinski definition) is 2. The van der Waals surface area contributed by atoms with Gasteiger partial charge in [-0.25, -0.2) is 4.99 Å². The Labute approximate surface area is 162 Å². The van der Waals surface area contributed by atoms with Crippen LogP contribution in [0.25, 0.3) is 0 Å². The van der Waals surface area contributed by atoms with Gasteiger partial charge >= 0.3 is 6.18 Å². The van der Waals surface area contributed by atoms with Crippen LogP contribution in [-0.2, 0) is 11.3 Å². The molecule has 3 unspecified atom stereocenters. The van der Waals surface area contributed by atoms with E-state index < -0.39 is 12.8 Å². The Morgan fingerprint density at radius 2 is 2.11 bits per heavy atom. The topological polar surface area (TPSA) is 64.1 Å². The van der Waals surface area contributed by atoms with E-state index in [1.165, 1.54) is 13.2 Å². The number of alkyl halides is 3. The highest BCUT2D eigenvalue weighted by Crippen LogP contribution is 2.34. The fourth-order valence-electron chi connectivity index (χ4n) is 3.54. The third kappa shape index (κ3) is 5.43. The molecule has 0 saturated carbocycles. The Hall–Kier alpha value is -2.16. The molecule has 156 valence electrons. The number of fused-ring (bicyclic) bond motifs is 2. The third-order valence-electron chi connectivity index (χ3n) is 4.81. The van der Waals surface area contributed by atoms with Gasteiger partial charge in [0.1, 0.15) is 0 Å². The predicted octanol–water partition coefficient (Wildman–Crippen LogP) is 3.01. The van der Waals surface area contributed by atoms with Crippen molar-refractivity contribution in [1.29, 1.82) is 0 Å². The minimum Gasteiger partial charge on any atom is -0.493 e. The van der Waals surface area contributed by atoms with Crippen LogP contribution in [0.4, 0.5) is 13.2 Å². The Bertz CT molecular complexity index is 697. The van der Waals surface area contributed by atoms with Crippen molar-refractivity contribution in [2.75, 3.05) is 20.3 Å². The first-order chi connectivity index (χ1) is 13.4. The van der Waals surface area contributed by atoms with Crippen LogP contribution >= 0.6 is 0 Å². The van der Waals surface area contributed by atoms with Gasteiger partial charge < -0.3 is 24.8 Å². The zero-order valence-electron chi connectivity index (χ0n) is 16.0. The van der Waals surface area contributed by atoms with E-state index in [0.29, 0.717) is 18.6 Å². The maximum atomic E-state index is 12.4. The molecule has 2 heterocycles. The standard InChI is InChI=1S/C19H26F3N3O3/c1-3-23-18(25-14-9-13-5-7-15(14)28-13)24-10-12-4-6-16(17(8-12)26-2)27-11-19(20,21)22/h4,6,8,13-15H,3,5,7,9-11H2,1-2H3,(H2,23,24,25). The van der Waals surface area contributed by atoms with Crippen molar-refractivity contribution in [2.24, 2.45) is 4.99 Å². The number of nitrogens with zero attached hydrogens (tertiary/aromatic N) is 1.